The van der Waals surface area contributed by atoms with Gasteiger partial charge < -0.3 is 15.4 Å². The van der Waals surface area contributed by atoms with Gasteiger partial charge in [0, 0.05) is 38.3 Å². The van der Waals surface area contributed by atoms with E-state index < -0.39 is 0 Å². The molecule has 112 valence electrons. The molecule has 1 heterocycles. The average Bonchev–Trinajstić information content (AvgIpc) is 2.48. The van der Waals surface area contributed by atoms with E-state index in [-0.39, 0.29) is 12.1 Å². The minimum Gasteiger partial charge on any atom is -0.497 e. The summed E-state index contributed by atoms with van der Waals surface area (Å²) in [4.78, 5) is 4.99. The summed E-state index contributed by atoms with van der Waals surface area (Å²) in [5.74, 6) is 0.903. The Balaban J connectivity index is 2.14. The van der Waals surface area contributed by atoms with Crippen molar-refractivity contribution >= 4 is 0 Å². The Morgan fingerprint density at radius 2 is 1.95 bits per heavy atom. The molecule has 2 unspecified atom stereocenters. The Labute approximate surface area is 122 Å². The molecule has 1 aromatic carbocycles. The maximum Gasteiger partial charge on any atom is 0.119 e. The molecule has 4 heteroatoms. The van der Waals surface area contributed by atoms with Gasteiger partial charge in [0.25, 0.3) is 0 Å². The lowest BCUT2D eigenvalue weighted by Crippen LogP contribution is -2.50. The molecule has 4 nitrogen and oxygen atoms in total. The van der Waals surface area contributed by atoms with E-state index >= 15 is 0 Å². The number of nitrogens with zero attached hydrogens (tertiary/aromatic N) is 2. The quantitative estimate of drug-likeness (QED) is 0.890. The summed E-state index contributed by atoms with van der Waals surface area (Å²) in [7, 11) is 1.71. The molecule has 20 heavy (non-hydrogen) atoms. The fourth-order valence-corrected chi connectivity index (χ4v) is 3.03. The van der Waals surface area contributed by atoms with Crippen LogP contribution in [0.15, 0.2) is 24.3 Å². The van der Waals surface area contributed by atoms with Crippen LogP contribution >= 0.6 is 0 Å². The number of rotatable bonds is 5. The number of piperazine rings is 1. The van der Waals surface area contributed by atoms with Crippen LogP contribution in [0.25, 0.3) is 0 Å². The first kappa shape index (κ1) is 15.3. The number of ether oxygens (including phenoxy) is 1. The molecule has 1 aliphatic rings. The standard InChI is InChI=1S/C16H27N3O/c1-4-18-8-10-19(11-9-18)16(13(2)17)14-6-5-7-15(12-14)20-3/h5-7,12-13,16H,4,8-11,17H2,1-3H3. The third-order valence-corrected chi connectivity index (χ3v) is 4.18. The Bertz CT molecular complexity index is 414. The zero-order valence-corrected chi connectivity index (χ0v) is 12.9. The van der Waals surface area contributed by atoms with Gasteiger partial charge in [-0.15, -0.1) is 0 Å². The van der Waals surface area contributed by atoms with Gasteiger partial charge in [-0.05, 0) is 31.2 Å². The van der Waals surface area contributed by atoms with Gasteiger partial charge in [0.1, 0.15) is 5.75 Å². The molecule has 2 N–H and O–H groups in total. The Morgan fingerprint density at radius 3 is 2.50 bits per heavy atom. The Hall–Kier alpha value is -1.10. The van der Waals surface area contributed by atoms with E-state index in [1.165, 1.54) is 5.56 Å². The fraction of sp³-hybridized carbons (Fsp3) is 0.625. The summed E-state index contributed by atoms with van der Waals surface area (Å²) in [6, 6.07) is 8.67. The van der Waals surface area contributed by atoms with Crippen molar-refractivity contribution in [1.82, 2.24) is 9.80 Å². The second kappa shape index (κ2) is 7.07. The fourth-order valence-electron chi connectivity index (χ4n) is 3.03. The van der Waals surface area contributed by atoms with Gasteiger partial charge in [-0.1, -0.05) is 19.1 Å². The van der Waals surface area contributed by atoms with Crippen molar-refractivity contribution < 1.29 is 4.74 Å². The van der Waals surface area contributed by atoms with Crippen molar-refractivity contribution in [3.63, 3.8) is 0 Å². The SMILES string of the molecule is CCN1CCN(C(c2cccc(OC)c2)C(C)N)CC1. The van der Waals surface area contributed by atoms with Crippen molar-refractivity contribution in [2.45, 2.75) is 25.9 Å². The largest absolute Gasteiger partial charge is 0.497 e. The molecule has 2 rings (SSSR count). The predicted molar refractivity (Wildman–Crippen MR) is 83.1 cm³/mol. The summed E-state index contributed by atoms with van der Waals surface area (Å²) in [5, 5.41) is 0. The van der Waals surface area contributed by atoms with Crippen molar-refractivity contribution in [2.75, 3.05) is 39.8 Å². The third kappa shape index (κ3) is 3.51. The molecule has 0 radical (unpaired) electrons. The number of hydrogen-bond donors (Lipinski definition) is 1. The van der Waals surface area contributed by atoms with E-state index in [0.29, 0.717) is 0 Å². The highest BCUT2D eigenvalue weighted by Gasteiger charge is 2.27. The maximum absolute atomic E-state index is 6.26. The first-order valence-electron chi connectivity index (χ1n) is 7.51. The average molecular weight is 277 g/mol. The minimum atomic E-state index is 0.107. The second-order valence-electron chi connectivity index (χ2n) is 5.55. The van der Waals surface area contributed by atoms with Crippen LogP contribution in [0, 0.1) is 0 Å². The van der Waals surface area contributed by atoms with Crippen LogP contribution in [0.1, 0.15) is 25.5 Å². The molecule has 1 saturated heterocycles. The molecule has 0 aliphatic carbocycles. The van der Waals surface area contributed by atoms with Gasteiger partial charge in [-0.2, -0.15) is 0 Å². The summed E-state index contributed by atoms with van der Waals surface area (Å²) in [6.45, 7) is 9.87. The van der Waals surface area contributed by atoms with Crippen molar-refractivity contribution in [1.29, 1.82) is 0 Å². The summed E-state index contributed by atoms with van der Waals surface area (Å²) in [5.41, 5.74) is 7.52. The lowest BCUT2D eigenvalue weighted by atomic mass is 9.98. The third-order valence-electron chi connectivity index (χ3n) is 4.18. The van der Waals surface area contributed by atoms with Crippen LogP contribution in [0.5, 0.6) is 5.75 Å². The number of hydrogen-bond acceptors (Lipinski definition) is 4. The van der Waals surface area contributed by atoms with Crippen LogP contribution in [-0.4, -0.2) is 55.7 Å². The smallest absolute Gasteiger partial charge is 0.119 e. The topological polar surface area (TPSA) is 41.7 Å². The van der Waals surface area contributed by atoms with Crippen LogP contribution in [0.4, 0.5) is 0 Å². The van der Waals surface area contributed by atoms with Crippen LogP contribution in [-0.2, 0) is 0 Å². The van der Waals surface area contributed by atoms with Gasteiger partial charge in [0.2, 0.25) is 0 Å². The molecular formula is C16H27N3O. The first-order valence-corrected chi connectivity index (χ1v) is 7.51. The number of likely N-dealkylation sites (N-methyl/N-ethyl adjacent to an activating group) is 1. The van der Waals surface area contributed by atoms with Crippen molar-refractivity contribution in [3.05, 3.63) is 29.8 Å². The van der Waals surface area contributed by atoms with E-state index in [2.05, 4.69) is 35.8 Å². The van der Waals surface area contributed by atoms with E-state index in [0.717, 1.165) is 38.5 Å². The molecule has 0 aromatic heterocycles. The molecule has 0 amide bonds. The zero-order valence-electron chi connectivity index (χ0n) is 12.9. The van der Waals surface area contributed by atoms with Gasteiger partial charge in [0.05, 0.1) is 7.11 Å². The van der Waals surface area contributed by atoms with Crippen molar-refractivity contribution in [2.24, 2.45) is 5.73 Å². The number of methoxy groups -OCH3 is 1. The molecule has 0 spiro atoms. The molecule has 1 aliphatic heterocycles. The molecular weight excluding hydrogens is 250 g/mol. The highest BCUT2D eigenvalue weighted by atomic mass is 16.5. The van der Waals surface area contributed by atoms with E-state index in [4.69, 9.17) is 10.5 Å². The predicted octanol–water partition coefficient (Wildman–Crippen LogP) is 1.72. The first-order chi connectivity index (χ1) is 9.65. The highest BCUT2D eigenvalue weighted by Crippen LogP contribution is 2.27. The lowest BCUT2D eigenvalue weighted by Gasteiger charge is -2.40. The van der Waals surface area contributed by atoms with Crippen LogP contribution < -0.4 is 10.5 Å². The van der Waals surface area contributed by atoms with Gasteiger partial charge >= 0.3 is 0 Å². The van der Waals surface area contributed by atoms with E-state index in [9.17, 15) is 0 Å². The van der Waals surface area contributed by atoms with Gasteiger partial charge in [0.15, 0.2) is 0 Å². The van der Waals surface area contributed by atoms with Gasteiger partial charge in [-0.3, -0.25) is 4.90 Å². The summed E-state index contributed by atoms with van der Waals surface area (Å²) < 4.78 is 5.34. The number of benzene rings is 1. The molecule has 2 atom stereocenters. The Morgan fingerprint density at radius 1 is 1.25 bits per heavy atom. The van der Waals surface area contributed by atoms with E-state index in [1.54, 1.807) is 7.11 Å². The highest BCUT2D eigenvalue weighted by molar-refractivity contribution is 5.31. The normalized spacial score (nSPS) is 20.6. The molecule has 1 fully saturated rings. The zero-order chi connectivity index (χ0) is 14.5. The maximum atomic E-state index is 6.26. The summed E-state index contributed by atoms with van der Waals surface area (Å²) in [6.07, 6.45) is 0. The van der Waals surface area contributed by atoms with Gasteiger partial charge in [-0.25, -0.2) is 0 Å². The van der Waals surface area contributed by atoms with Crippen LogP contribution in [0.2, 0.25) is 0 Å². The number of nitrogens with two attached hydrogens (primary N) is 1. The summed E-state index contributed by atoms with van der Waals surface area (Å²) >= 11 is 0. The van der Waals surface area contributed by atoms with E-state index in [1.807, 2.05) is 12.1 Å². The Kier molecular flexibility index (Phi) is 5.40. The molecule has 0 bridgehead atoms. The lowest BCUT2D eigenvalue weighted by molar-refractivity contribution is 0.0897. The minimum absolute atomic E-state index is 0.107. The van der Waals surface area contributed by atoms with Crippen molar-refractivity contribution in [3.8, 4) is 5.75 Å². The second-order valence-corrected chi connectivity index (χ2v) is 5.55. The van der Waals surface area contributed by atoms with Crippen LogP contribution in [0.3, 0.4) is 0 Å². The molecule has 0 saturated carbocycles. The monoisotopic (exact) mass is 277 g/mol. The molecule has 1 aromatic rings.